The molecule has 0 saturated carbocycles. The molecule has 1 rings (SSSR count). The van der Waals surface area contributed by atoms with Crippen LogP contribution in [0, 0.1) is 0 Å². The fraction of sp³-hybridized carbons (Fsp3) is 1.00. The third-order valence-corrected chi connectivity index (χ3v) is 3.56. The Morgan fingerprint density at radius 3 is 3.00 bits per heavy atom. The van der Waals surface area contributed by atoms with E-state index in [9.17, 15) is 0 Å². The predicted molar refractivity (Wildman–Crippen MR) is 55.0 cm³/mol. The maximum atomic E-state index is 5.42. The molecule has 1 atom stereocenters. The smallest absolute Gasteiger partial charge is 0.104 e. The lowest BCUT2D eigenvalue weighted by Crippen LogP contribution is -2.06. The summed E-state index contributed by atoms with van der Waals surface area (Å²) in [7, 11) is 0.0351. The van der Waals surface area contributed by atoms with E-state index in [0.29, 0.717) is 6.10 Å². The van der Waals surface area contributed by atoms with Gasteiger partial charge in [-0.2, -0.15) is 0 Å². The van der Waals surface area contributed by atoms with Crippen LogP contribution < -0.4 is 0 Å². The standard InChI is InChI=1S/C9H20O3Si/c1-2-10-8-13-5-3-4-11-6-9-7-12-9/h9H,2-8,13H2,1H3. The highest BCUT2D eigenvalue weighted by molar-refractivity contribution is 6.35. The average Bonchev–Trinajstić information content (AvgIpc) is 2.93. The topological polar surface area (TPSA) is 31.0 Å². The maximum absolute atomic E-state index is 5.42. The fourth-order valence-corrected chi connectivity index (χ4v) is 2.36. The van der Waals surface area contributed by atoms with Crippen LogP contribution in [0.5, 0.6) is 0 Å². The van der Waals surface area contributed by atoms with Crippen LogP contribution in [-0.4, -0.2) is 48.3 Å². The summed E-state index contributed by atoms with van der Waals surface area (Å²) in [6.45, 7) is 5.51. The van der Waals surface area contributed by atoms with Gasteiger partial charge in [0.2, 0.25) is 0 Å². The van der Waals surface area contributed by atoms with Crippen molar-refractivity contribution >= 4 is 9.52 Å². The van der Waals surface area contributed by atoms with Gasteiger partial charge in [-0.05, 0) is 13.3 Å². The summed E-state index contributed by atoms with van der Waals surface area (Å²) in [5.41, 5.74) is 0. The first-order valence-corrected chi connectivity index (χ1v) is 7.20. The zero-order valence-corrected chi connectivity index (χ0v) is 9.87. The molecule has 0 aromatic carbocycles. The van der Waals surface area contributed by atoms with Crippen LogP contribution in [0.25, 0.3) is 0 Å². The van der Waals surface area contributed by atoms with Gasteiger partial charge in [0, 0.05) is 19.4 Å². The predicted octanol–water partition coefficient (Wildman–Crippen LogP) is 0.373. The molecule has 0 bridgehead atoms. The molecule has 1 unspecified atom stereocenters. The van der Waals surface area contributed by atoms with E-state index in [-0.39, 0.29) is 9.52 Å². The lowest BCUT2D eigenvalue weighted by atomic mass is 10.5. The summed E-state index contributed by atoms with van der Waals surface area (Å²) >= 11 is 0. The van der Waals surface area contributed by atoms with E-state index >= 15 is 0 Å². The highest BCUT2D eigenvalue weighted by Gasteiger charge is 2.21. The monoisotopic (exact) mass is 204 g/mol. The molecule has 0 aromatic heterocycles. The molecule has 13 heavy (non-hydrogen) atoms. The summed E-state index contributed by atoms with van der Waals surface area (Å²) in [5, 5.41) is 0. The van der Waals surface area contributed by atoms with Crippen molar-refractivity contribution in [2.75, 3.05) is 32.7 Å². The molecule has 0 spiro atoms. The van der Waals surface area contributed by atoms with Crippen LogP contribution in [0.4, 0.5) is 0 Å². The molecule has 1 saturated heterocycles. The number of ether oxygens (including phenoxy) is 3. The Hall–Kier alpha value is 0.0969. The molecule has 1 aliphatic rings. The molecule has 1 heterocycles. The van der Waals surface area contributed by atoms with Crippen molar-refractivity contribution in [1.29, 1.82) is 0 Å². The van der Waals surface area contributed by atoms with Gasteiger partial charge in [-0.15, -0.1) is 0 Å². The van der Waals surface area contributed by atoms with Gasteiger partial charge in [0.05, 0.1) is 22.7 Å². The molecule has 0 aliphatic carbocycles. The number of rotatable bonds is 9. The van der Waals surface area contributed by atoms with Gasteiger partial charge in [0.25, 0.3) is 0 Å². The van der Waals surface area contributed by atoms with Crippen molar-refractivity contribution in [2.45, 2.75) is 25.5 Å². The third-order valence-electron chi connectivity index (χ3n) is 1.99. The fourth-order valence-electron chi connectivity index (χ4n) is 1.11. The number of hydrogen-bond acceptors (Lipinski definition) is 3. The molecule has 78 valence electrons. The zero-order valence-electron chi connectivity index (χ0n) is 8.46. The Labute approximate surface area is 82.6 Å². The Bertz CT molecular complexity index is 117. The third kappa shape index (κ3) is 7.19. The summed E-state index contributed by atoms with van der Waals surface area (Å²) < 4.78 is 15.7. The molecule has 0 aromatic rings. The summed E-state index contributed by atoms with van der Waals surface area (Å²) in [4.78, 5) is 0. The molecule has 0 N–H and O–H groups in total. The number of epoxide rings is 1. The summed E-state index contributed by atoms with van der Waals surface area (Å²) in [5.74, 6) is 0. The van der Waals surface area contributed by atoms with E-state index in [1.807, 2.05) is 6.92 Å². The maximum Gasteiger partial charge on any atom is 0.104 e. The molecule has 4 heteroatoms. The average molecular weight is 204 g/mol. The minimum atomic E-state index is 0.0351. The zero-order chi connectivity index (χ0) is 9.36. The first-order chi connectivity index (χ1) is 6.43. The molecule has 0 radical (unpaired) electrons. The first-order valence-electron chi connectivity index (χ1n) is 5.20. The van der Waals surface area contributed by atoms with E-state index < -0.39 is 0 Å². The van der Waals surface area contributed by atoms with Crippen molar-refractivity contribution in [3.63, 3.8) is 0 Å². The van der Waals surface area contributed by atoms with Crippen LogP contribution >= 0.6 is 0 Å². The Kier molecular flexibility index (Phi) is 6.44. The minimum absolute atomic E-state index is 0.0351. The van der Waals surface area contributed by atoms with E-state index in [0.717, 1.165) is 32.7 Å². The highest BCUT2D eigenvalue weighted by Crippen LogP contribution is 2.08. The van der Waals surface area contributed by atoms with E-state index in [1.54, 1.807) is 0 Å². The second kappa shape index (κ2) is 7.50. The summed E-state index contributed by atoms with van der Waals surface area (Å²) in [6, 6.07) is 1.34. The van der Waals surface area contributed by atoms with Gasteiger partial charge in [-0.3, -0.25) is 0 Å². The van der Waals surface area contributed by atoms with Crippen LogP contribution in [0.3, 0.4) is 0 Å². The van der Waals surface area contributed by atoms with Gasteiger partial charge < -0.3 is 14.2 Å². The van der Waals surface area contributed by atoms with Crippen LogP contribution in [0.1, 0.15) is 13.3 Å². The van der Waals surface area contributed by atoms with Gasteiger partial charge >= 0.3 is 0 Å². The van der Waals surface area contributed by atoms with E-state index in [1.165, 1.54) is 12.5 Å². The number of hydrogen-bond donors (Lipinski definition) is 0. The SMILES string of the molecule is CCOC[SiH2]CCCOCC1CO1. The van der Waals surface area contributed by atoms with Gasteiger partial charge in [0.1, 0.15) is 6.10 Å². The largest absolute Gasteiger partial charge is 0.386 e. The normalized spacial score (nSPS) is 21.5. The van der Waals surface area contributed by atoms with Crippen LogP contribution in [0.15, 0.2) is 0 Å². The van der Waals surface area contributed by atoms with Crippen molar-refractivity contribution < 1.29 is 14.2 Å². The molecule has 1 fully saturated rings. The lowest BCUT2D eigenvalue weighted by molar-refractivity contribution is 0.117. The van der Waals surface area contributed by atoms with Crippen molar-refractivity contribution in [3.05, 3.63) is 0 Å². The van der Waals surface area contributed by atoms with Crippen LogP contribution in [0.2, 0.25) is 6.04 Å². The molecule has 1 aliphatic heterocycles. The van der Waals surface area contributed by atoms with Gasteiger partial charge in [-0.25, -0.2) is 0 Å². The molecular weight excluding hydrogens is 184 g/mol. The van der Waals surface area contributed by atoms with Gasteiger partial charge in [0.15, 0.2) is 0 Å². The lowest BCUT2D eigenvalue weighted by Gasteiger charge is -2.02. The minimum Gasteiger partial charge on any atom is -0.386 e. The first kappa shape index (κ1) is 11.2. The molecule has 3 nitrogen and oxygen atoms in total. The van der Waals surface area contributed by atoms with Crippen molar-refractivity contribution in [2.24, 2.45) is 0 Å². The highest BCUT2D eigenvalue weighted by atomic mass is 28.2. The Morgan fingerprint density at radius 1 is 1.46 bits per heavy atom. The van der Waals surface area contributed by atoms with Crippen molar-refractivity contribution in [1.82, 2.24) is 0 Å². The summed E-state index contributed by atoms with van der Waals surface area (Å²) in [6.07, 6.45) is 2.65. The molecule has 0 amide bonds. The van der Waals surface area contributed by atoms with Gasteiger partial charge in [-0.1, -0.05) is 6.04 Å². The quantitative estimate of drug-likeness (QED) is 0.309. The van der Waals surface area contributed by atoms with E-state index in [4.69, 9.17) is 14.2 Å². The van der Waals surface area contributed by atoms with E-state index in [2.05, 4.69) is 0 Å². The second-order valence-electron chi connectivity index (χ2n) is 3.29. The van der Waals surface area contributed by atoms with Crippen LogP contribution in [-0.2, 0) is 14.2 Å². The van der Waals surface area contributed by atoms with Crippen molar-refractivity contribution in [3.8, 4) is 0 Å². The molecular formula is C9H20O3Si. The Morgan fingerprint density at radius 2 is 2.31 bits per heavy atom. The Balaban J connectivity index is 1.63. The second-order valence-corrected chi connectivity index (χ2v) is 5.11.